The molecule has 0 amide bonds. The van der Waals surface area contributed by atoms with Crippen LogP contribution in [0.5, 0.6) is 0 Å². The number of aryl methyl sites for hydroxylation is 1. The Hall–Kier alpha value is -1.29. The highest BCUT2D eigenvalue weighted by atomic mass is 79.9. The Kier molecular flexibility index (Phi) is 4.53. The van der Waals surface area contributed by atoms with Gasteiger partial charge in [0.1, 0.15) is 0 Å². The lowest BCUT2D eigenvalue weighted by molar-refractivity contribution is -0.137. The minimum absolute atomic E-state index is 0.101. The molecule has 0 nitrogen and oxygen atoms in total. The zero-order valence-electron chi connectivity index (χ0n) is 10.9. The van der Waals surface area contributed by atoms with E-state index in [2.05, 4.69) is 22.9 Å². The molecule has 106 valence electrons. The van der Waals surface area contributed by atoms with Gasteiger partial charge in [0.2, 0.25) is 0 Å². The summed E-state index contributed by atoms with van der Waals surface area (Å²) in [6.45, 7) is 2.08. The van der Waals surface area contributed by atoms with E-state index in [0.29, 0.717) is 0 Å². The van der Waals surface area contributed by atoms with E-state index in [0.717, 1.165) is 29.7 Å². The zero-order chi connectivity index (χ0) is 14.8. The first-order valence-electron chi connectivity index (χ1n) is 6.32. The van der Waals surface area contributed by atoms with Crippen molar-refractivity contribution in [3.05, 3.63) is 70.8 Å². The highest BCUT2D eigenvalue weighted by Crippen LogP contribution is 2.34. The summed E-state index contributed by atoms with van der Waals surface area (Å²) in [6.07, 6.45) is -3.32. The van der Waals surface area contributed by atoms with Gasteiger partial charge in [0.15, 0.2) is 0 Å². The number of alkyl halides is 4. The molecule has 0 radical (unpaired) electrons. The van der Waals surface area contributed by atoms with Gasteiger partial charge >= 0.3 is 6.18 Å². The van der Waals surface area contributed by atoms with Crippen LogP contribution in [0.3, 0.4) is 0 Å². The summed E-state index contributed by atoms with van der Waals surface area (Å²) in [5, 5.41) is 0. The molecule has 0 N–H and O–H groups in total. The van der Waals surface area contributed by atoms with E-state index in [1.807, 2.05) is 24.3 Å². The van der Waals surface area contributed by atoms with Crippen molar-refractivity contribution in [2.75, 3.05) is 0 Å². The van der Waals surface area contributed by atoms with Crippen LogP contribution >= 0.6 is 15.9 Å². The Morgan fingerprint density at radius 1 is 0.900 bits per heavy atom. The number of rotatable bonds is 3. The smallest absolute Gasteiger partial charge is 0.166 e. The fourth-order valence-electron chi connectivity index (χ4n) is 1.96. The van der Waals surface area contributed by atoms with Crippen molar-refractivity contribution in [1.82, 2.24) is 0 Å². The maximum atomic E-state index is 12.5. The van der Waals surface area contributed by atoms with Gasteiger partial charge in [-0.3, -0.25) is 0 Å². The monoisotopic (exact) mass is 342 g/mol. The third-order valence-corrected chi connectivity index (χ3v) is 4.27. The lowest BCUT2D eigenvalue weighted by Crippen LogP contribution is -2.04. The first kappa shape index (κ1) is 15.1. The molecule has 2 aromatic carbocycles. The SMILES string of the molecule is CCc1ccc(C(Br)c2ccc(C(F)(F)F)cc2)cc1. The largest absolute Gasteiger partial charge is 0.416 e. The molecular weight excluding hydrogens is 329 g/mol. The van der Waals surface area contributed by atoms with E-state index < -0.39 is 11.7 Å². The Bertz CT molecular complexity index is 556. The Labute approximate surface area is 124 Å². The molecule has 0 aliphatic carbocycles. The van der Waals surface area contributed by atoms with E-state index in [4.69, 9.17) is 0 Å². The van der Waals surface area contributed by atoms with Crippen LogP contribution in [-0.4, -0.2) is 0 Å². The van der Waals surface area contributed by atoms with E-state index in [1.54, 1.807) is 0 Å². The molecule has 1 atom stereocenters. The first-order valence-corrected chi connectivity index (χ1v) is 7.23. The maximum Gasteiger partial charge on any atom is 0.416 e. The van der Waals surface area contributed by atoms with Gasteiger partial charge < -0.3 is 0 Å². The first-order chi connectivity index (χ1) is 9.41. The Morgan fingerprint density at radius 3 is 1.75 bits per heavy atom. The minimum Gasteiger partial charge on any atom is -0.166 e. The second-order valence-electron chi connectivity index (χ2n) is 4.58. The summed E-state index contributed by atoms with van der Waals surface area (Å²) >= 11 is 3.53. The van der Waals surface area contributed by atoms with Gasteiger partial charge in [-0.25, -0.2) is 0 Å². The lowest BCUT2D eigenvalue weighted by Gasteiger charge is -2.13. The quantitative estimate of drug-likeness (QED) is 0.622. The van der Waals surface area contributed by atoms with Crippen LogP contribution in [0.2, 0.25) is 0 Å². The molecule has 0 heterocycles. The number of hydrogen-bond donors (Lipinski definition) is 0. The van der Waals surface area contributed by atoms with Crippen LogP contribution in [-0.2, 0) is 12.6 Å². The molecule has 0 aliphatic heterocycles. The number of benzene rings is 2. The number of hydrogen-bond acceptors (Lipinski definition) is 0. The molecule has 0 aliphatic rings. The van der Waals surface area contributed by atoms with Crippen molar-refractivity contribution >= 4 is 15.9 Å². The Balaban J connectivity index is 2.22. The molecule has 0 saturated heterocycles. The highest BCUT2D eigenvalue weighted by Gasteiger charge is 2.30. The zero-order valence-corrected chi connectivity index (χ0v) is 12.5. The van der Waals surface area contributed by atoms with Crippen molar-refractivity contribution in [2.24, 2.45) is 0 Å². The molecule has 4 heteroatoms. The molecule has 0 saturated carbocycles. The summed E-state index contributed by atoms with van der Waals surface area (Å²) in [4.78, 5) is -0.101. The highest BCUT2D eigenvalue weighted by molar-refractivity contribution is 9.09. The van der Waals surface area contributed by atoms with Gasteiger partial charge in [0.25, 0.3) is 0 Å². The predicted octanol–water partition coefficient (Wildman–Crippen LogP) is 5.75. The minimum atomic E-state index is -4.29. The average Bonchev–Trinajstić information content (AvgIpc) is 2.46. The van der Waals surface area contributed by atoms with Crippen molar-refractivity contribution in [3.63, 3.8) is 0 Å². The van der Waals surface area contributed by atoms with E-state index in [-0.39, 0.29) is 4.83 Å². The van der Waals surface area contributed by atoms with Gasteiger partial charge in [0.05, 0.1) is 10.4 Å². The fraction of sp³-hybridized carbons (Fsp3) is 0.250. The normalized spacial score (nSPS) is 13.2. The van der Waals surface area contributed by atoms with Crippen LogP contribution in [0.25, 0.3) is 0 Å². The van der Waals surface area contributed by atoms with Crippen LogP contribution < -0.4 is 0 Å². The van der Waals surface area contributed by atoms with Crippen LogP contribution in [0.1, 0.15) is 34.0 Å². The van der Waals surface area contributed by atoms with E-state index in [9.17, 15) is 13.2 Å². The van der Waals surface area contributed by atoms with Crippen LogP contribution in [0.15, 0.2) is 48.5 Å². The fourth-order valence-corrected chi connectivity index (χ4v) is 2.57. The van der Waals surface area contributed by atoms with Gasteiger partial charge in [-0.15, -0.1) is 0 Å². The summed E-state index contributed by atoms with van der Waals surface area (Å²) in [5.41, 5.74) is 2.45. The van der Waals surface area contributed by atoms with Gasteiger partial charge in [-0.2, -0.15) is 13.2 Å². The van der Waals surface area contributed by atoms with Crippen LogP contribution in [0.4, 0.5) is 13.2 Å². The molecular formula is C16H14BrF3. The molecule has 0 aromatic heterocycles. The summed E-state index contributed by atoms with van der Waals surface area (Å²) < 4.78 is 37.5. The van der Waals surface area contributed by atoms with E-state index in [1.165, 1.54) is 17.7 Å². The van der Waals surface area contributed by atoms with Crippen molar-refractivity contribution in [2.45, 2.75) is 24.3 Å². The van der Waals surface area contributed by atoms with Crippen LogP contribution in [0, 0.1) is 0 Å². The number of halogens is 4. The predicted molar refractivity (Wildman–Crippen MR) is 78.0 cm³/mol. The molecule has 0 spiro atoms. The molecule has 0 fully saturated rings. The summed E-state index contributed by atoms with van der Waals surface area (Å²) in [5.74, 6) is 0. The second-order valence-corrected chi connectivity index (χ2v) is 5.49. The van der Waals surface area contributed by atoms with Crippen molar-refractivity contribution in [3.8, 4) is 0 Å². The second kappa shape index (κ2) is 6.00. The topological polar surface area (TPSA) is 0 Å². The molecule has 0 bridgehead atoms. The van der Waals surface area contributed by atoms with Gasteiger partial charge in [-0.05, 0) is 35.2 Å². The van der Waals surface area contributed by atoms with Crippen molar-refractivity contribution < 1.29 is 13.2 Å². The third kappa shape index (κ3) is 3.42. The van der Waals surface area contributed by atoms with E-state index >= 15 is 0 Å². The maximum absolute atomic E-state index is 12.5. The standard InChI is InChI=1S/C16H14BrF3/c1-2-11-3-5-12(6-4-11)15(17)13-7-9-14(10-8-13)16(18,19)20/h3-10,15H,2H2,1H3. The molecule has 2 aromatic rings. The van der Waals surface area contributed by atoms with Gasteiger partial charge in [-0.1, -0.05) is 59.3 Å². The summed E-state index contributed by atoms with van der Waals surface area (Å²) in [7, 11) is 0. The average molecular weight is 343 g/mol. The third-order valence-electron chi connectivity index (χ3n) is 3.21. The molecule has 20 heavy (non-hydrogen) atoms. The van der Waals surface area contributed by atoms with Crippen molar-refractivity contribution in [1.29, 1.82) is 0 Å². The lowest BCUT2D eigenvalue weighted by atomic mass is 10.0. The molecule has 1 unspecified atom stereocenters. The summed E-state index contributed by atoms with van der Waals surface area (Å²) in [6, 6.07) is 13.3. The van der Waals surface area contributed by atoms with Gasteiger partial charge in [0, 0.05) is 0 Å². The Morgan fingerprint density at radius 2 is 1.35 bits per heavy atom. The molecule has 2 rings (SSSR count).